The van der Waals surface area contributed by atoms with E-state index < -0.39 is 0 Å². The molecule has 3 nitrogen and oxygen atoms in total. The zero-order valence-corrected chi connectivity index (χ0v) is 12.3. The van der Waals surface area contributed by atoms with Crippen molar-refractivity contribution in [3.8, 4) is 5.75 Å². The Morgan fingerprint density at radius 2 is 2.05 bits per heavy atom. The number of hydrogen-bond acceptors (Lipinski definition) is 3. The Labute approximate surface area is 121 Å². The number of carbonyl (C=O) groups excluding carboxylic acids is 1. The maximum Gasteiger partial charge on any atom is 0.344 e. The molecule has 0 heterocycles. The molecule has 1 aromatic rings. The third kappa shape index (κ3) is 5.07. The number of carbonyl (C=O) groups is 1. The van der Waals surface area contributed by atoms with Crippen molar-refractivity contribution in [2.75, 3.05) is 13.2 Å². The van der Waals surface area contributed by atoms with Crippen molar-refractivity contribution in [3.05, 3.63) is 40.9 Å². The second kappa shape index (κ2) is 7.34. The highest BCUT2D eigenvalue weighted by Crippen LogP contribution is 2.18. The summed E-state index contributed by atoms with van der Waals surface area (Å²) >= 11 is 3.34. The molecule has 1 aliphatic rings. The van der Waals surface area contributed by atoms with E-state index in [-0.39, 0.29) is 12.6 Å². The average molecular weight is 325 g/mol. The van der Waals surface area contributed by atoms with Gasteiger partial charge in [0.05, 0.1) is 6.61 Å². The van der Waals surface area contributed by atoms with Crippen molar-refractivity contribution in [1.82, 2.24) is 0 Å². The van der Waals surface area contributed by atoms with E-state index in [4.69, 9.17) is 9.47 Å². The summed E-state index contributed by atoms with van der Waals surface area (Å²) in [6, 6.07) is 7.36. The fourth-order valence-electron chi connectivity index (χ4n) is 1.93. The quantitative estimate of drug-likeness (QED) is 0.611. The molecule has 0 bridgehead atoms. The summed E-state index contributed by atoms with van der Waals surface area (Å²) in [6.45, 7) is 0.455. The molecule has 1 atom stereocenters. The first-order valence-electron chi connectivity index (χ1n) is 6.43. The van der Waals surface area contributed by atoms with Crippen molar-refractivity contribution in [3.63, 3.8) is 0 Å². The van der Waals surface area contributed by atoms with Crippen LogP contribution in [0.2, 0.25) is 0 Å². The van der Waals surface area contributed by atoms with Crippen molar-refractivity contribution < 1.29 is 14.3 Å². The summed E-state index contributed by atoms with van der Waals surface area (Å²) < 4.78 is 11.6. The summed E-state index contributed by atoms with van der Waals surface area (Å²) in [5.41, 5.74) is 0. The van der Waals surface area contributed by atoms with E-state index in [0.717, 1.165) is 23.7 Å². The molecule has 0 aromatic heterocycles. The van der Waals surface area contributed by atoms with Gasteiger partial charge < -0.3 is 9.47 Å². The van der Waals surface area contributed by atoms with Gasteiger partial charge in [-0.25, -0.2) is 4.79 Å². The predicted octanol–water partition coefficient (Wildman–Crippen LogP) is 3.73. The van der Waals surface area contributed by atoms with Gasteiger partial charge in [-0.05, 0) is 49.4 Å². The van der Waals surface area contributed by atoms with Gasteiger partial charge in [0.25, 0.3) is 0 Å². The number of rotatable bonds is 5. The number of ether oxygens (including phenoxy) is 2. The Morgan fingerprint density at radius 1 is 1.26 bits per heavy atom. The normalized spacial score (nSPS) is 18.1. The smallest absolute Gasteiger partial charge is 0.344 e. The Balaban J connectivity index is 1.66. The van der Waals surface area contributed by atoms with Crippen LogP contribution in [-0.2, 0) is 9.53 Å². The molecule has 2 rings (SSSR count). The number of benzene rings is 1. The summed E-state index contributed by atoms with van der Waals surface area (Å²) in [7, 11) is 0. The van der Waals surface area contributed by atoms with Crippen LogP contribution in [0, 0.1) is 5.92 Å². The first kappa shape index (κ1) is 14.1. The van der Waals surface area contributed by atoms with Gasteiger partial charge in [0.15, 0.2) is 6.61 Å². The lowest BCUT2D eigenvalue weighted by atomic mass is 9.95. The van der Waals surface area contributed by atoms with Crippen LogP contribution in [0.4, 0.5) is 0 Å². The van der Waals surface area contributed by atoms with Crippen molar-refractivity contribution in [2.45, 2.75) is 19.3 Å². The van der Waals surface area contributed by atoms with E-state index in [1.807, 2.05) is 24.3 Å². The molecule has 0 aliphatic heterocycles. The van der Waals surface area contributed by atoms with E-state index in [2.05, 4.69) is 28.1 Å². The third-order valence-corrected chi connectivity index (χ3v) is 3.56. The van der Waals surface area contributed by atoms with Gasteiger partial charge in [-0.3, -0.25) is 0 Å². The molecule has 0 fully saturated rings. The maximum absolute atomic E-state index is 11.6. The SMILES string of the molecule is O=C(COc1ccc(Br)cc1)OCC1CC=CCC1. The average Bonchev–Trinajstić information content (AvgIpc) is 2.45. The lowest BCUT2D eigenvalue weighted by Gasteiger charge is -2.17. The molecule has 1 aromatic carbocycles. The van der Waals surface area contributed by atoms with Gasteiger partial charge in [0.1, 0.15) is 5.75 Å². The van der Waals surface area contributed by atoms with Crippen LogP contribution in [0.1, 0.15) is 19.3 Å². The first-order chi connectivity index (χ1) is 9.24. The lowest BCUT2D eigenvalue weighted by Crippen LogP contribution is -2.19. The highest BCUT2D eigenvalue weighted by Gasteiger charge is 2.13. The number of allylic oxidation sites excluding steroid dienone is 2. The second-order valence-electron chi connectivity index (χ2n) is 4.58. The molecule has 19 heavy (non-hydrogen) atoms. The van der Waals surface area contributed by atoms with Crippen LogP contribution in [0.15, 0.2) is 40.9 Å². The monoisotopic (exact) mass is 324 g/mol. The van der Waals surface area contributed by atoms with Gasteiger partial charge in [0, 0.05) is 4.47 Å². The summed E-state index contributed by atoms with van der Waals surface area (Å²) in [6.07, 6.45) is 7.51. The van der Waals surface area contributed by atoms with Crippen LogP contribution in [0.25, 0.3) is 0 Å². The van der Waals surface area contributed by atoms with Crippen LogP contribution in [0.5, 0.6) is 5.75 Å². The second-order valence-corrected chi connectivity index (χ2v) is 5.49. The van der Waals surface area contributed by atoms with Crippen LogP contribution in [-0.4, -0.2) is 19.2 Å². The molecule has 0 N–H and O–H groups in total. The van der Waals surface area contributed by atoms with Crippen molar-refractivity contribution in [2.24, 2.45) is 5.92 Å². The molecule has 0 amide bonds. The van der Waals surface area contributed by atoms with Gasteiger partial charge in [-0.15, -0.1) is 0 Å². The minimum Gasteiger partial charge on any atom is -0.482 e. The Morgan fingerprint density at radius 3 is 2.74 bits per heavy atom. The van der Waals surface area contributed by atoms with Gasteiger partial charge >= 0.3 is 5.97 Å². The van der Waals surface area contributed by atoms with Gasteiger partial charge in [-0.1, -0.05) is 28.1 Å². The van der Waals surface area contributed by atoms with Gasteiger partial charge in [0.2, 0.25) is 0 Å². The highest BCUT2D eigenvalue weighted by atomic mass is 79.9. The first-order valence-corrected chi connectivity index (χ1v) is 7.22. The molecule has 1 aliphatic carbocycles. The minimum absolute atomic E-state index is 0.0375. The molecule has 1 unspecified atom stereocenters. The van der Waals surface area contributed by atoms with E-state index in [1.54, 1.807) is 0 Å². The maximum atomic E-state index is 11.6. The van der Waals surface area contributed by atoms with E-state index >= 15 is 0 Å². The van der Waals surface area contributed by atoms with E-state index in [9.17, 15) is 4.79 Å². The lowest BCUT2D eigenvalue weighted by molar-refractivity contribution is -0.147. The van der Waals surface area contributed by atoms with E-state index in [0.29, 0.717) is 18.3 Å². The molecule has 102 valence electrons. The topological polar surface area (TPSA) is 35.5 Å². The molecule has 0 saturated heterocycles. The van der Waals surface area contributed by atoms with Crippen LogP contribution in [0.3, 0.4) is 0 Å². The Hall–Kier alpha value is -1.29. The fraction of sp³-hybridized carbons (Fsp3) is 0.400. The van der Waals surface area contributed by atoms with Crippen molar-refractivity contribution >= 4 is 21.9 Å². The largest absolute Gasteiger partial charge is 0.482 e. The van der Waals surface area contributed by atoms with Crippen LogP contribution >= 0.6 is 15.9 Å². The zero-order valence-electron chi connectivity index (χ0n) is 10.7. The molecular formula is C15H17BrO3. The molecule has 0 saturated carbocycles. The summed E-state index contributed by atoms with van der Waals surface area (Å²) in [4.78, 5) is 11.6. The zero-order chi connectivity index (χ0) is 13.5. The summed E-state index contributed by atoms with van der Waals surface area (Å²) in [5, 5.41) is 0. The predicted molar refractivity (Wildman–Crippen MR) is 77.1 cm³/mol. The number of esters is 1. The Bertz CT molecular complexity index is 439. The Kier molecular flexibility index (Phi) is 5.45. The molecule has 0 radical (unpaired) electrons. The summed E-state index contributed by atoms with van der Waals surface area (Å²) in [5.74, 6) is 0.819. The highest BCUT2D eigenvalue weighted by molar-refractivity contribution is 9.10. The van der Waals surface area contributed by atoms with Crippen LogP contribution < -0.4 is 4.74 Å². The fourth-order valence-corrected chi connectivity index (χ4v) is 2.20. The van der Waals surface area contributed by atoms with Crippen molar-refractivity contribution in [1.29, 1.82) is 0 Å². The number of hydrogen-bond donors (Lipinski definition) is 0. The van der Waals surface area contributed by atoms with E-state index in [1.165, 1.54) is 0 Å². The standard InChI is InChI=1S/C15H17BrO3/c16-13-6-8-14(9-7-13)18-11-15(17)19-10-12-4-2-1-3-5-12/h1-2,6-9,12H,3-5,10-11H2. The third-order valence-electron chi connectivity index (χ3n) is 3.03. The molecular weight excluding hydrogens is 308 g/mol. The minimum atomic E-state index is -0.308. The number of halogens is 1. The molecule has 0 spiro atoms. The molecule has 4 heteroatoms. The van der Waals surface area contributed by atoms with Gasteiger partial charge in [-0.2, -0.15) is 0 Å².